The van der Waals surface area contributed by atoms with Gasteiger partial charge >= 0.3 is 0 Å². The maximum atomic E-state index is 5.81. The zero-order valence-electron chi connectivity index (χ0n) is 8.87. The van der Waals surface area contributed by atoms with E-state index >= 15 is 0 Å². The molecule has 0 unspecified atom stereocenters. The van der Waals surface area contributed by atoms with E-state index < -0.39 is 0 Å². The molecular weight excluding hydrogens is 222 g/mol. The molecule has 0 saturated heterocycles. The van der Waals surface area contributed by atoms with Crippen LogP contribution in [0.25, 0.3) is 0 Å². The first kappa shape index (κ1) is 10.8. The SMILES string of the molecule is Cc1ccc(Nc2cc(N)cc(Cl)n2)cc1. The topological polar surface area (TPSA) is 50.9 Å². The van der Waals surface area contributed by atoms with Gasteiger partial charge in [0, 0.05) is 17.4 Å². The summed E-state index contributed by atoms with van der Waals surface area (Å²) in [5, 5.41) is 3.52. The summed E-state index contributed by atoms with van der Waals surface area (Å²) < 4.78 is 0. The van der Waals surface area contributed by atoms with Crippen molar-refractivity contribution < 1.29 is 0 Å². The quantitative estimate of drug-likeness (QED) is 0.782. The molecule has 3 nitrogen and oxygen atoms in total. The highest BCUT2D eigenvalue weighted by Gasteiger charge is 1.99. The van der Waals surface area contributed by atoms with Crippen molar-refractivity contribution in [3.63, 3.8) is 0 Å². The molecule has 16 heavy (non-hydrogen) atoms. The fourth-order valence-electron chi connectivity index (χ4n) is 1.37. The molecule has 0 aliphatic carbocycles. The number of nitrogens with zero attached hydrogens (tertiary/aromatic N) is 1. The van der Waals surface area contributed by atoms with Crippen molar-refractivity contribution in [3.8, 4) is 0 Å². The zero-order chi connectivity index (χ0) is 11.5. The van der Waals surface area contributed by atoms with E-state index in [9.17, 15) is 0 Å². The summed E-state index contributed by atoms with van der Waals surface area (Å²) >= 11 is 5.81. The number of anilines is 3. The van der Waals surface area contributed by atoms with Crippen LogP contribution in [-0.2, 0) is 0 Å². The number of pyridine rings is 1. The molecule has 0 bridgehead atoms. The third-order valence-corrected chi connectivity index (χ3v) is 2.33. The second-order valence-electron chi connectivity index (χ2n) is 3.60. The van der Waals surface area contributed by atoms with E-state index in [0.717, 1.165) is 5.69 Å². The van der Waals surface area contributed by atoms with Crippen LogP contribution in [0.15, 0.2) is 36.4 Å². The van der Waals surface area contributed by atoms with Gasteiger partial charge in [0.25, 0.3) is 0 Å². The van der Waals surface area contributed by atoms with Crippen LogP contribution in [0.2, 0.25) is 5.15 Å². The predicted octanol–water partition coefficient (Wildman–Crippen LogP) is 3.37. The van der Waals surface area contributed by atoms with Crippen LogP contribution in [0.1, 0.15) is 5.56 Å². The van der Waals surface area contributed by atoms with Gasteiger partial charge in [0.05, 0.1) is 0 Å². The van der Waals surface area contributed by atoms with Crippen LogP contribution in [0.5, 0.6) is 0 Å². The molecule has 0 fully saturated rings. The summed E-state index contributed by atoms with van der Waals surface area (Å²) in [6.45, 7) is 2.04. The van der Waals surface area contributed by atoms with E-state index in [1.165, 1.54) is 5.56 Å². The van der Waals surface area contributed by atoms with Crippen molar-refractivity contribution in [3.05, 3.63) is 47.1 Å². The lowest BCUT2D eigenvalue weighted by Gasteiger charge is -2.07. The maximum Gasteiger partial charge on any atom is 0.134 e. The zero-order valence-corrected chi connectivity index (χ0v) is 9.62. The van der Waals surface area contributed by atoms with E-state index in [4.69, 9.17) is 17.3 Å². The molecule has 1 aromatic carbocycles. The molecule has 0 aliphatic rings. The lowest BCUT2D eigenvalue weighted by Crippen LogP contribution is -1.95. The van der Waals surface area contributed by atoms with E-state index in [2.05, 4.69) is 10.3 Å². The van der Waals surface area contributed by atoms with Crippen LogP contribution >= 0.6 is 11.6 Å². The highest BCUT2D eigenvalue weighted by atomic mass is 35.5. The highest BCUT2D eigenvalue weighted by molar-refractivity contribution is 6.29. The minimum Gasteiger partial charge on any atom is -0.399 e. The number of halogens is 1. The summed E-state index contributed by atoms with van der Waals surface area (Å²) in [4.78, 5) is 4.13. The molecule has 0 aliphatic heterocycles. The second kappa shape index (κ2) is 4.41. The normalized spacial score (nSPS) is 10.1. The fraction of sp³-hybridized carbons (Fsp3) is 0.0833. The first-order valence-electron chi connectivity index (χ1n) is 4.90. The Kier molecular flexibility index (Phi) is 2.97. The molecule has 3 N–H and O–H groups in total. The van der Waals surface area contributed by atoms with Crippen molar-refractivity contribution in [2.24, 2.45) is 0 Å². The summed E-state index contributed by atoms with van der Waals surface area (Å²) in [6, 6.07) is 11.4. The van der Waals surface area contributed by atoms with Crippen molar-refractivity contribution in [2.45, 2.75) is 6.92 Å². The number of hydrogen-bond acceptors (Lipinski definition) is 3. The van der Waals surface area contributed by atoms with Gasteiger partial charge in [-0.25, -0.2) is 4.98 Å². The van der Waals surface area contributed by atoms with Gasteiger partial charge in [-0.3, -0.25) is 0 Å². The number of aromatic nitrogens is 1. The summed E-state index contributed by atoms with van der Waals surface area (Å²) in [5.41, 5.74) is 8.44. The Morgan fingerprint density at radius 3 is 2.50 bits per heavy atom. The lowest BCUT2D eigenvalue weighted by atomic mass is 10.2. The molecule has 0 atom stereocenters. The van der Waals surface area contributed by atoms with Crippen molar-refractivity contribution in [1.82, 2.24) is 4.98 Å². The molecule has 0 spiro atoms. The van der Waals surface area contributed by atoms with Crippen LogP contribution in [-0.4, -0.2) is 4.98 Å². The van der Waals surface area contributed by atoms with Crippen LogP contribution in [0.4, 0.5) is 17.2 Å². The minimum atomic E-state index is 0.384. The van der Waals surface area contributed by atoms with Crippen LogP contribution in [0, 0.1) is 6.92 Å². The number of nitrogen functional groups attached to an aromatic ring is 1. The van der Waals surface area contributed by atoms with Gasteiger partial charge in [-0.05, 0) is 25.1 Å². The number of nitrogens with one attached hydrogen (secondary N) is 1. The number of nitrogens with two attached hydrogens (primary N) is 1. The summed E-state index contributed by atoms with van der Waals surface area (Å²) in [5.74, 6) is 0.647. The number of aryl methyl sites for hydroxylation is 1. The Balaban J connectivity index is 2.23. The molecule has 2 rings (SSSR count). The van der Waals surface area contributed by atoms with E-state index in [1.807, 2.05) is 31.2 Å². The smallest absolute Gasteiger partial charge is 0.134 e. The number of hydrogen-bond donors (Lipinski definition) is 2. The Morgan fingerprint density at radius 2 is 1.88 bits per heavy atom. The molecule has 0 saturated carbocycles. The van der Waals surface area contributed by atoms with E-state index in [-0.39, 0.29) is 0 Å². The average molecular weight is 234 g/mol. The largest absolute Gasteiger partial charge is 0.399 e. The Hall–Kier alpha value is -1.74. The number of benzene rings is 1. The third kappa shape index (κ3) is 2.64. The average Bonchev–Trinajstić information content (AvgIpc) is 2.20. The van der Waals surface area contributed by atoms with Gasteiger partial charge < -0.3 is 11.1 Å². The van der Waals surface area contributed by atoms with Crippen LogP contribution < -0.4 is 11.1 Å². The maximum absolute atomic E-state index is 5.81. The van der Waals surface area contributed by atoms with Gasteiger partial charge in [0.1, 0.15) is 11.0 Å². The molecular formula is C12H12ClN3. The molecule has 4 heteroatoms. The molecule has 2 aromatic rings. The monoisotopic (exact) mass is 233 g/mol. The Labute approximate surface area is 99.3 Å². The molecule has 0 radical (unpaired) electrons. The van der Waals surface area contributed by atoms with Gasteiger partial charge in [0.2, 0.25) is 0 Å². The van der Waals surface area contributed by atoms with Gasteiger partial charge in [-0.1, -0.05) is 29.3 Å². The third-order valence-electron chi connectivity index (χ3n) is 2.14. The first-order valence-corrected chi connectivity index (χ1v) is 5.28. The van der Waals surface area contributed by atoms with Gasteiger partial charge in [0.15, 0.2) is 0 Å². The standard InChI is InChI=1S/C12H12ClN3/c1-8-2-4-10(5-3-8)15-12-7-9(14)6-11(13)16-12/h2-7H,1H3,(H3,14,15,16). The van der Waals surface area contributed by atoms with Gasteiger partial charge in [-0.15, -0.1) is 0 Å². The Morgan fingerprint density at radius 1 is 1.19 bits per heavy atom. The van der Waals surface area contributed by atoms with E-state index in [0.29, 0.717) is 16.7 Å². The number of rotatable bonds is 2. The molecule has 1 heterocycles. The van der Waals surface area contributed by atoms with Gasteiger partial charge in [-0.2, -0.15) is 0 Å². The van der Waals surface area contributed by atoms with Crippen molar-refractivity contribution in [1.29, 1.82) is 0 Å². The minimum absolute atomic E-state index is 0.384. The summed E-state index contributed by atoms with van der Waals surface area (Å²) in [7, 11) is 0. The van der Waals surface area contributed by atoms with Crippen LogP contribution in [0.3, 0.4) is 0 Å². The van der Waals surface area contributed by atoms with Crippen molar-refractivity contribution >= 4 is 28.8 Å². The van der Waals surface area contributed by atoms with Crippen molar-refractivity contribution in [2.75, 3.05) is 11.1 Å². The second-order valence-corrected chi connectivity index (χ2v) is 3.99. The molecule has 82 valence electrons. The Bertz CT molecular complexity index is 474. The first-order chi connectivity index (χ1) is 7.63. The summed E-state index contributed by atoms with van der Waals surface area (Å²) in [6.07, 6.45) is 0. The lowest BCUT2D eigenvalue weighted by molar-refractivity contribution is 1.31. The molecule has 1 aromatic heterocycles. The highest BCUT2D eigenvalue weighted by Crippen LogP contribution is 2.20. The predicted molar refractivity (Wildman–Crippen MR) is 68.1 cm³/mol. The van der Waals surface area contributed by atoms with E-state index in [1.54, 1.807) is 12.1 Å². The molecule has 0 amide bonds. The fourth-order valence-corrected chi connectivity index (χ4v) is 1.58.